The number of hydrogen-bond acceptors (Lipinski definition) is 6. The molecule has 3 rings (SSSR count). The van der Waals surface area contributed by atoms with Crippen LogP contribution in [-0.4, -0.2) is 61.5 Å². The second-order valence-electron chi connectivity index (χ2n) is 6.80. The average Bonchev–Trinajstić information content (AvgIpc) is 3.29. The minimum atomic E-state index is -3.93. The fraction of sp³-hybridized carbons (Fsp3) is 0.250. The molecule has 2 aromatic rings. The van der Waals surface area contributed by atoms with E-state index in [1.165, 1.54) is 22.5 Å². The number of carbonyl (C=O) groups is 3. The highest BCUT2D eigenvalue weighted by Crippen LogP contribution is 2.21. The molecule has 3 N–H and O–H groups in total. The Bertz CT molecular complexity index is 1100. The molecule has 1 aromatic carbocycles. The number of primary amides is 1. The van der Waals surface area contributed by atoms with Crippen LogP contribution in [0.1, 0.15) is 26.5 Å². The van der Waals surface area contributed by atoms with Gasteiger partial charge in [-0.3, -0.25) is 14.4 Å². The minimum Gasteiger partial charge on any atom is -0.438 e. The molecule has 0 bridgehead atoms. The van der Waals surface area contributed by atoms with Gasteiger partial charge >= 0.3 is 0 Å². The van der Waals surface area contributed by atoms with E-state index >= 15 is 0 Å². The number of nitrogens with one attached hydrogen (secondary N) is 1. The van der Waals surface area contributed by atoms with Crippen LogP contribution in [0.2, 0.25) is 0 Å². The molecule has 164 valence electrons. The number of nitrogens with two attached hydrogens (primary N) is 1. The first-order valence-electron chi connectivity index (χ1n) is 9.40. The van der Waals surface area contributed by atoms with E-state index in [0.29, 0.717) is 12.1 Å². The molecule has 0 unspecified atom stereocenters. The Hall–Kier alpha value is -3.44. The molecule has 1 fully saturated rings. The molecule has 1 saturated heterocycles. The van der Waals surface area contributed by atoms with Gasteiger partial charge in [-0.25, -0.2) is 8.42 Å². The predicted octanol–water partition coefficient (Wildman–Crippen LogP) is 0.327. The van der Waals surface area contributed by atoms with Crippen molar-refractivity contribution in [3.05, 3.63) is 65.9 Å². The van der Waals surface area contributed by atoms with Crippen LogP contribution in [0, 0.1) is 0 Å². The summed E-state index contributed by atoms with van der Waals surface area (Å²) in [4.78, 5) is 36.6. The van der Waals surface area contributed by atoms with Gasteiger partial charge in [0.05, 0.1) is 0 Å². The third-order valence-corrected chi connectivity index (χ3v) is 6.57. The number of sulfonamides is 1. The van der Waals surface area contributed by atoms with Crippen molar-refractivity contribution in [1.82, 2.24) is 14.5 Å². The summed E-state index contributed by atoms with van der Waals surface area (Å²) in [7, 11) is -3.93. The summed E-state index contributed by atoms with van der Waals surface area (Å²) in [6.07, 6.45) is 1.18. The molecule has 0 radical (unpaired) electrons. The van der Waals surface area contributed by atoms with E-state index in [9.17, 15) is 22.8 Å². The molecule has 1 aliphatic heterocycles. The van der Waals surface area contributed by atoms with Gasteiger partial charge in [-0.15, -0.1) is 0 Å². The largest absolute Gasteiger partial charge is 0.438 e. The molecule has 0 atom stereocenters. The van der Waals surface area contributed by atoms with Crippen molar-refractivity contribution in [2.45, 2.75) is 11.6 Å². The van der Waals surface area contributed by atoms with Gasteiger partial charge < -0.3 is 20.4 Å². The van der Waals surface area contributed by atoms with E-state index in [0.717, 1.165) is 5.56 Å². The third-order valence-electron chi connectivity index (χ3n) is 4.80. The van der Waals surface area contributed by atoms with Crippen LogP contribution in [0.4, 0.5) is 0 Å². The van der Waals surface area contributed by atoms with E-state index in [4.69, 9.17) is 10.2 Å². The minimum absolute atomic E-state index is 0.0896. The molecule has 11 heteroatoms. The maximum absolute atomic E-state index is 12.7. The molecule has 10 nitrogen and oxygen atoms in total. The zero-order valence-electron chi connectivity index (χ0n) is 16.6. The fourth-order valence-corrected chi connectivity index (χ4v) is 4.39. The summed E-state index contributed by atoms with van der Waals surface area (Å²) in [5.41, 5.74) is 6.39. The highest BCUT2D eigenvalue weighted by Gasteiger charge is 2.32. The molecule has 0 aliphatic carbocycles. The molecule has 2 heterocycles. The maximum atomic E-state index is 12.7. The summed E-state index contributed by atoms with van der Waals surface area (Å²) < 4.78 is 31.6. The number of hydrogen-bond donors (Lipinski definition) is 2. The average molecular weight is 446 g/mol. The smallest absolute Gasteiger partial charge is 0.284 e. The number of nitrogens with zero attached hydrogens (tertiary/aromatic N) is 2. The van der Waals surface area contributed by atoms with E-state index in [-0.39, 0.29) is 48.8 Å². The molecule has 3 amide bonds. The van der Waals surface area contributed by atoms with Crippen molar-refractivity contribution in [3.8, 4) is 0 Å². The maximum Gasteiger partial charge on any atom is 0.284 e. The molecule has 0 saturated carbocycles. The molecular weight excluding hydrogens is 424 g/mol. The molecule has 0 spiro atoms. The Morgan fingerprint density at radius 2 is 1.71 bits per heavy atom. The molecule has 31 heavy (non-hydrogen) atoms. The summed E-state index contributed by atoms with van der Waals surface area (Å²) in [6, 6.07) is 9.20. The van der Waals surface area contributed by atoms with E-state index in [1.807, 2.05) is 0 Å². The van der Waals surface area contributed by atoms with Crippen molar-refractivity contribution >= 4 is 27.7 Å². The van der Waals surface area contributed by atoms with Gasteiger partial charge in [-0.05, 0) is 35.9 Å². The Morgan fingerprint density at radius 3 is 2.26 bits per heavy atom. The number of benzene rings is 1. The number of furan rings is 1. The standard InChI is InChI=1S/C20H22N4O6S/c1-2-17(25)22-13-14-3-5-15(6-4-14)20(27)23-9-11-24(12-10-23)31(28,29)18-8-7-16(30-18)19(21)26/h2-8H,1,9-13H2,(H2,21,26)(H,22,25). The van der Waals surface area contributed by atoms with Crippen LogP contribution in [0.25, 0.3) is 0 Å². The normalized spacial score (nSPS) is 14.8. The monoisotopic (exact) mass is 446 g/mol. The zero-order valence-corrected chi connectivity index (χ0v) is 17.4. The lowest BCUT2D eigenvalue weighted by atomic mass is 10.1. The van der Waals surface area contributed by atoms with Crippen molar-refractivity contribution in [3.63, 3.8) is 0 Å². The van der Waals surface area contributed by atoms with Crippen LogP contribution in [-0.2, 0) is 21.4 Å². The zero-order chi connectivity index (χ0) is 22.6. The van der Waals surface area contributed by atoms with Gasteiger partial charge in [0.2, 0.25) is 11.0 Å². The van der Waals surface area contributed by atoms with Crippen molar-refractivity contribution in [1.29, 1.82) is 0 Å². The molecule has 1 aliphatic rings. The van der Waals surface area contributed by atoms with Gasteiger partial charge in [0.15, 0.2) is 5.76 Å². The second kappa shape index (κ2) is 9.14. The summed E-state index contributed by atoms with van der Waals surface area (Å²) >= 11 is 0. The fourth-order valence-electron chi connectivity index (χ4n) is 3.06. The van der Waals surface area contributed by atoms with Gasteiger partial charge in [0.1, 0.15) is 0 Å². The van der Waals surface area contributed by atoms with E-state index in [2.05, 4.69) is 11.9 Å². The topological polar surface area (TPSA) is 143 Å². The van der Waals surface area contributed by atoms with Crippen LogP contribution < -0.4 is 11.1 Å². The first kappa shape index (κ1) is 22.2. The molecular formula is C20H22N4O6S. The lowest BCUT2D eigenvalue weighted by molar-refractivity contribution is -0.116. The highest BCUT2D eigenvalue weighted by atomic mass is 32.2. The lowest BCUT2D eigenvalue weighted by Gasteiger charge is -2.33. The van der Waals surface area contributed by atoms with Crippen LogP contribution >= 0.6 is 0 Å². The Balaban J connectivity index is 1.59. The third kappa shape index (κ3) is 5.01. The second-order valence-corrected chi connectivity index (χ2v) is 8.67. The Labute approximate surface area is 179 Å². The van der Waals surface area contributed by atoms with Gasteiger partial charge in [0, 0.05) is 38.3 Å². The van der Waals surface area contributed by atoms with Crippen LogP contribution in [0.5, 0.6) is 0 Å². The quantitative estimate of drug-likeness (QED) is 0.587. The van der Waals surface area contributed by atoms with Crippen molar-refractivity contribution in [2.75, 3.05) is 26.2 Å². The number of carbonyl (C=O) groups excluding carboxylic acids is 3. The number of amides is 3. The van der Waals surface area contributed by atoms with Crippen molar-refractivity contribution < 1.29 is 27.2 Å². The summed E-state index contributed by atoms with van der Waals surface area (Å²) in [6.45, 7) is 4.29. The lowest BCUT2D eigenvalue weighted by Crippen LogP contribution is -2.50. The summed E-state index contributed by atoms with van der Waals surface area (Å²) in [5, 5.41) is 2.29. The number of rotatable bonds is 7. The van der Waals surface area contributed by atoms with Gasteiger partial charge in [-0.1, -0.05) is 18.7 Å². The predicted molar refractivity (Wildman–Crippen MR) is 110 cm³/mol. The van der Waals surface area contributed by atoms with E-state index in [1.54, 1.807) is 29.2 Å². The molecule has 1 aromatic heterocycles. The van der Waals surface area contributed by atoms with Gasteiger partial charge in [-0.2, -0.15) is 4.31 Å². The number of piperazine rings is 1. The van der Waals surface area contributed by atoms with Crippen LogP contribution in [0.15, 0.2) is 58.6 Å². The highest BCUT2D eigenvalue weighted by molar-refractivity contribution is 7.89. The Kier molecular flexibility index (Phi) is 6.56. The van der Waals surface area contributed by atoms with Crippen molar-refractivity contribution in [2.24, 2.45) is 5.73 Å². The SMILES string of the molecule is C=CC(=O)NCc1ccc(C(=O)N2CCN(S(=O)(=O)c3ccc(C(N)=O)o3)CC2)cc1. The van der Waals surface area contributed by atoms with E-state index < -0.39 is 15.9 Å². The van der Waals surface area contributed by atoms with Gasteiger partial charge in [0.25, 0.3) is 21.8 Å². The first-order chi connectivity index (χ1) is 14.7. The first-order valence-corrected chi connectivity index (χ1v) is 10.8. The Morgan fingerprint density at radius 1 is 1.06 bits per heavy atom. The van der Waals surface area contributed by atoms with Crippen LogP contribution in [0.3, 0.4) is 0 Å². The summed E-state index contributed by atoms with van der Waals surface area (Å²) in [5.74, 6) is -1.59.